The first-order valence-electron chi connectivity index (χ1n) is 12.7. The van der Waals surface area contributed by atoms with Crippen LogP contribution in [0.4, 0.5) is 9.59 Å². The Morgan fingerprint density at radius 2 is 1.57 bits per heavy atom. The molecular weight excluding hydrogens is 482 g/mol. The molecule has 0 aromatic heterocycles. The molecule has 1 heterocycles. The monoisotopic (exact) mass is 517 g/mol. The van der Waals surface area contributed by atoms with Crippen LogP contribution in [0.15, 0.2) is 24.3 Å². The molecule has 0 radical (unpaired) electrons. The Hall–Kier alpha value is -3.63. The van der Waals surface area contributed by atoms with E-state index in [1.54, 1.807) is 19.9 Å². The molecule has 0 spiro atoms. The van der Waals surface area contributed by atoms with Gasteiger partial charge in [0.15, 0.2) is 0 Å². The lowest BCUT2D eigenvalue weighted by molar-refractivity contribution is -0.146. The highest BCUT2D eigenvalue weighted by Gasteiger charge is 2.47. The molecule has 3 unspecified atom stereocenters. The number of fused-ring (bicyclic) bond motifs is 1. The number of nitrogens with zero attached hydrogens (tertiary/aromatic N) is 1. The summed E-state index contributed by atoms with van der Waals surface area (Å²) in [7, 11) is 0. The van der Waals surface area contributed by atoms with Gasteiger partial charge < -0.3 is 24.8 Å². The highest BCUT2D eigenvalue weighted by atomic mass is 16.6. The summed E-state index contributed by atoms with van der Waals surface area (Å²) in [5, 5.41) is 5.27. The molecule has 37 heavy (non-hydrogen) atoms. The van der Waals surface area contributed by atoms with Crippen molar-refractivity contribution in [1.29, 1.82) is 0 Å². The van der Waals surface area contributed by atoms with Crippen molar-refractivity contribution in [3.8, 4) is 0 Å². The Kier molecular flexibility index (Phi) is 10.3. The van der Waals surface area contributed by atoms with Crippen molar-refractivity contribution in [2.75, 3.05) is 19.8 Å². The number of imide groups is 1. The molecular formula is C26H35N3O8. The van der Waals surface area contributed by atoms with E-state index in [9.17, 15) is 24.0 Å². The van der Waals surface area contributed by atoms with Crippen LogP contribution in [0.25, 0.3) is 0 Å². The lowest BCUT2D eigenvalue weighted by Gasteiger charge is -2.19. The molecule has 11 nitrogen and oxygen atoms in total. The molecule has 202 valence electrons. The van der Waals surface area contributed by atoms with E-state index in [1.807, 2.05) is 18.2 Å². The summed E-state index contributed by atoms with van der Waals surface area (Å²) in [5.74, 6) is -1.09. The standard InChI is InChI=1S/C26H35N3O8/c1-3-22(30)36-16-17(2)37-26(34)28-15-19-8-6-7-18(13-19)14-27-25(33)35-12-11-29-23(31)20-9-4-5-10-21(20)24(29)32/h6-8,13,17,20-21H,3-5,9-12,14-16H2,1-2H3,(H,27,33)(H,28,34). The van der Waals surface area contributed by atoms with E-state index in [0.29, 0.717) is 0 Å². The van der Waals surface area contributed by atoms with E-state index in [-0.39, 0.29) is 68.9 Å². The van der Waals surface area contributed by atoms with Crippen LogP contribution in [0.2, 0.25) is 0 Å². The van der Waals surface area contributed by atoms with E-state index in [0.717, 1.165) is 36.8 Å². The van der Waals surface area contributed by atoms with Gasteiger partial charge in [-0.1, -0.05) is 44.0 Å². The van der Waals surface area contributed by atoms with Crippen LogP contribution in [-0.4, -0.2) is 60.7 Å². The lowest BCUT2D eigenvalue weighted by Crippen LogP contribution is -2.35. The Labute approximate surface area is 216 Å². The van der Waals surface area contributed by atoms with Crippen molar-refractivity contribution in [1.82, 2.24) is 15.5 Å². The molecule has 1 aromatic carbocycles. The lowest BCUT2D eigenvalue weighted by atomic mass is 9.81. The van der Waals surface area contributed by atoms with Gasteiger partial charge in [-0.25, -0.2) is 9.59 Å². The number of benzene rings is 1. The van der Waals surface area contributed by atoms with Crippen LogP contribution in [0.3, 0.4) is 0 Å². The summed E-state index contributed by atoms with van der Waals surface area (Å²) >= 11 is 0. The fourth-order valence-corrected chi connectivity index (χ4v) is 4.50. The summed E-state index contributed by atoms with van der Waals surface area (Å²) < 4.78 is 15.2. The summed E-state index contributed by atoms with van der Waals surface area (Å²) in [6, 6.07) is 7.24. The zero-order valence-corrected chi connectivity index (χ0v) is 21.3. The number of rotatable bonds is 11. The highest BCUT2D eigenvalue weighted by Crippen LogP contribution is 2.37. The van der Waals surface area contributed by atoms with Crippen LogP contribution < -0.4 is 10.6 Å². The first kappa shape index (κ1) is 27.9. The molecule has 1 aromatic rings. The molecule has 3 rings (SSSR count). The second-order valence-electron chi connectivity index (χ2n) is 9.24. The van der Waals surface area contributed by atoms with E-state index in [2.05, 4.69) is 10.6 Å². The second kappa shape index (κ2) is 13.6. The molecule has 1 aliphatic heterocycles. The quantitative estimate of drug-likeness (QED) is 0.259. The number of hydrogen-bond donors (Lipinski definition) is 2. The van der Waals surface area contributed by atoms with E-state index in [4.69, 9.17) is 14.2 Å². The fourth-order valence-electron chi connectivity index (χ4n) is 4.50. The van der Waals surface area contributed by atoms with Gasteiger partial charge in [0.2, 0.25) is 11.8 Å². The molecule has 3 atom stereocenters. The van der Waals surface area contributed by atoms with Crippen LogP contribution in [0.5, 0.6) is 0 Å². The predicted octanol–water partition coefficient (Wildman–Crippen LogP) is 2.66. The van der Waals surface area contributed by atoms with Gasteiger partial charge in [0.05, 0.1) is 18.4 Å². The van der Waals surface area contributed by atoms with Crippen molar-refractivity contribution in [3.05, 3.63) is 35.4 Å². The molecule has 2 fully saturated rings. The summed E-state index contributed by atoms with van der Waals surface area (Å²) in [4.78, 5) is 61.4. The van der Waals surface area contributed by atoms with Crippen LogP contribution in [-0.2, 0) is 41.7 Å². The maximum absolute atomic E-state index is 12.5. The van der Waals surface area contributed by atoms with Crippen LogP contribution >= 0.6 is 0 Å². The number of carbonyl (C=O) groups excluding carboxylic acids is 5. The van der Waals surface area contributed by atoms with Gasteiger partial charge in [0.1, 0.15) is 19.3 Å². The number of nitrogens with one attached hydrogen (secondary N) is 2. The predicted molar refractivity (Wildman–Crippen MR) is 131 cm³/mol. The largest absolute Gasteiger partial charge is 0.462 e. The third-order valence-electron chi connectivity index (χ3n) is 6.42. The molecule has 1 saturated heterocycles. The minimum Gasteiger partial charge on any atom is -0.462 e. The van der Waals surface area contributed by atoms with Crippen LogP contribution in [0.1, 0.15) is 57.1 Å². The van der Waals surface area contributed by atoms with Gasteiger partial charge in [0.25, 0.3) is 0 Å². The van der Waals surface area contributed by atoms with E-state index >= 15 is 0 Å². The van der Waals surface area contributed by atoms with Crippen molar-refractivity contribution in [2.45, 2.75) is 65.1 Å². The smallest absolute Gasteiger partial charge is 0.407 e. The van der Waals surface area contributed by atoms with Gasteiger partial charge in [-0.15, -0.1) is 0 Å². The topological polar surface area (TPSA) is 140 Å². The molecule has 4 amide bonds. The third-order valence-corrected chi connectivity index (χ3v) is 6.42. The summed E-state index contributed by atoms with van der Waals surface area (Å²) in [5.41, 5.74) is 1.58. The number of hydrogen-bond acceptors (Lipinski definition) is 8. The average molecular weight is 518 g/mol. The Balaban J connectivity index is 1.34. The molecule has 0 bridgehead atoms. The molecule has 1 saturated carbocycles. The normalized spacial score (nSPS) is 19.6. The summed E-state index contributed by atoms with van der Waals surface area (Å²) in [6.07, 6.45) is 1.81. The number of carbonyl (C=O) groups is 5. The zero-order chi connectivity index (χ0) is 26.8. The number of likely N-dealkylation sites (tertiary alicyclic amines) is 1. The first-order chi connectivity index (χ1) is 17.8. The third kappa shape index (κ3) is 8.19. The maximum Gasteiger partial charge on any atom is 0.407 e. The van der Waals surface area contributed by atoms with Crippen molar-refractivity contribution in [2.24, 2.45) is 11.8 Å². The van der Waals surface area contributed by atoms with Crippen molar-refractivity contribution >= 4 is 30.0 Å². The number of ether oxygens (including phenoxy) is 3. The molecule has 2 N–H and O–H groups in total. The van der Waals surface area contributed by atoms with E-state index < -0.39 is 18.3 Å². The minimum atomic E-state index is -0.652. The molecule has 11 heteroatoms. The average Bonchev–Trinajstić information content (AvgIpc) is 3.14. The number of alkyl carbamates (subject to hydrolysis) is 2. The first-order valence-corrected chi connectivity index (χ1v) is 12.7. The SMILES string of the molecule is CCC(=O)OCC(C)OC(=O)NCc1cccc(CNC(=O)OCCN2C(=O)C3CCCCC3C2=O)c1. The zero-order valence-electron chi connectivity index (χ0n) is 21.3. The number of esters is 1. The van der Waals surface area contributed by atoms with Gasteiger partial charge in [-0.2, -0.15) is 0 Å². The Morgan fingerprint density at radius 3 is 2.16 bits per heavy atom. The maximum atomic E-state index is 12.5. The van der Waals surface area contributed by atoms with Crippen LogP contribution in [0, 0.1) is 11.8 Å². The fraction of sp³-hybridized carbons (Fsp3) is 0.577. The number of amides is 4. The summed E-state index contributed by atoms with van der Waals surface area (Å²) in [6.45, 7) is 3.70. The highest BCUT2D eigenvalue weighted by molar-refractivity contribution is 6.05. The Bertz CT molecular complexity index is 974. The van der Waals surface area contributed by atoms with Gasteiger partial charge in [-0.3, -0.25) is 19.3 Å². The van der Waals surface area contributed by atoms with Gasteiger partial charge >= 0.3 is 18.2 Å². The van der Waals surface area contributed by atoms with Crippen molar-refractivity contribution in [3.63, 3.8) is 0 Å². The minimum absolute atomic E-state index is 0.0109. The molecule has 2 aliphatic rings. The van der Waals surface area contributed by atoms with E-state index in [1.165, 1.54) is 4.90 Å². The van der Waals surface area contributed by atoms with Gasteiger partial charge in [0, 0.05) is 19.5 Å². The molecule has 1 aliphatic carbocycles. The van der Waals surface area contributed by atoms with Gasteiger partial charge in [-0.05, 0) is 30.9 Å². The van der Waals surface area contributed by atoms with Crippen molar-refractivity contribution < 1.29 is 38.2 Å². The second-order valence-corrected chi connectivity index (χ2v) is 9.24. The Morgan fingerprint density at radius 1 is 0.973 bits per heavy atom.